The van der Waals surface area contributed by atoms with Crippen LogP contribution in [0.3, 0.4) is 0 Å². The van der Waals surface area contributed by atoms with Gasteiger partial charge >= 0.3 is 0 Å². The minimum absolute atomic E-state index is 0.281. The van der Waals surface area contributed by atoms with Gasteiger partial charge in [0.2, 0.25) is 0 Å². The van der Waals surface area contributed by atoms with Gasteiger partial charge in [0.15, 0.2) is 11.6 Å². The number of ether oxygens (including phenoxy) is 1. The van der Waals surface area contributed by atoms with Crippen LogP contribution in [-0.4, -0.2) is 14.8 Å². The van der Waals surface area contributed by atoms with Crippen molar-refractivity contribution in [3.63, 3.8) is 0 Å². The van der Waals surface area contributed by atoms with E-state index in [9.17, 15) is 8.78 Å². The molecule has 0 spiro atoms. The van der Waals surface area contributed by atoms with E-state index in [0.717, 1.165) is 6.20 Å². The van der Waals surface area contributed by atoms with Crippen LogP contribution in [0.2, 0.25) is 0 Å². The first-order valence-corrected chi connectivity index (χ1v) is 7.47. The molecule has 0 saturated heterocycles. The number of hydrogen-bond donors (Lipinski definition) is 0. The fourth-order valence-corrected chi connectivity index (χ4v) is 2.32. The van der Waals surface area contributed by atoms with E-state index in [0.29, 0.717) is 22.9 Å². The molecule has 0 bridgehead atoms. The van der Waals surface area contributed by atoms with Crippen LogP contribution >= 0.6 is 0 Å². The summed E-state index contributed by atoms with van der Waals surface area (Å²) in [5.74, 6) is 0.470. The van der Waals surface area contributed by atoms with Crippen molar-refractivity contribution in [3.05, 3.63) is 66.1 Å². The van der Waals surface area contributed by atoms with Crippen LogP contribution in [0.4, 0.5) is 8.78 Å². The highest BCUT2D eigenvalue weighted by atomic mass is 19.1. The van der Waals surface area contributed by atoms with Gasteiger partial charge in [-0.25, -0.2) is 18.4 Å². The molecule has 6 heteroatoms. The minimum atomic E-state index is -0.456. The van der Waals surface area contributed by atoms with Crippen molar-refractivity contribution in [3.8, 4) is 17.3 Å². The van der Waals surface area contributed by atoms with Gasteiger partial charge in [0.05, 0.1) is 12.4 Å². The normalized spacial score (nSPS) is 11.5. The van der Waals surface area contributed by atoms with E-state index >= 15 is 0 Å². The number of halogens is 2. The predicted molar refractivity (Wildman–Crippen MR) is 86.5 cm³/mol. The highest BCUT2D eigenvalue weighted by Gasteiger charge is 2.18. The largest absolute Gasteiger partial charge is 0.457 e. The number of hydrogen-bond acceptors (Lipinski definition) is 3. The fourth-order valence-electron chi connectivity index (χ4n) is 2.32. The summed E-state index contributed by atoms with van der Waals surface area (Å²) in [7, 11) is 0. The Hall–Kier alpha value is -2.76. The quantitative estimate of drug-likeness (QED) is 0.703. The van der Waals surface area contributed by atoms with Crippen LogP contribution in [-0.2, 0) is 5.41 Å². The second kappa shape index (κ2) is 6.03. The Morgan fingerprint density at radius 2 is 1.79 bits per heavy atom. The molecule has 2 aromatic heterocycles. The summed E-state index contributed by atoms with van der Waals surface area (Å²) in [5, 5.41) is 3.85. The van der Waals surface area contributed by atoms with Crippen molar-refractivity contribution in [2.75, 3.05) is 0 Å². The summed E-state index contributed by atoms with van der Waals surface area (Å²) >= 11 is 0. The molecule has 0 unspecified atom stereocenters. The first kappa shape index (κ1) is 16.1. The molecule has 0 aliphatic heterocycles. The van der Waals surface area contributed by atoms with Gasteiger partial charge in [-0.15, -0.1) is 0 Å². The van der Waals surface area contributed by atoms with Gasteiger partial charge in [-0.05, 0) is 23.1 Å². The fraction of sp³-hybridized carbons (Fsp3) is 0.222. The van der Waals surface area contributed by atoms with Gasteiger partial charge in [-0.1, -0.05) is 26.8 Å². The Labute approximate surface area is 138 Å². The lowest BCUT2D eigenvalue weighted by Gasteiger charge is -2.20. The predicted octanol–water partition coefficient (Wildman–Crippen LogP) is 4.64. The number of pyridine rings is 1. The van der Waals surface area contributed by atoms with Gasteiger partial charge in [0.25, 0.3) is 0 Å². The van der Waals surface area contributed by atoms with Crippen molar-refractivity contribution in [2.24, 2.45) is 0 Å². The summed E-state index contributed by atoms with van der Waals surface area (Å²) in [5.41, 5.74) is 0.341. The van der Waals surface area contributed by atoms with Crippen molar-refractivity contribution in [1.82, 2.24) is 14.8 Å². The molecular weight excluding hydrogens is 312 g/mol. The van der Waals surface area contributed by atoms with Gasteiger partial charge in [-0.2, -0.15) is 5.10 Å². The third-order valence-corrected chi connectivity index (χ3v) is 3.49. The van der Waals surface area contributed by atoms with Crippen LogP contribution in [0.1, 0.15) is 26.3 Å². The Morgan fingerprint density at radius 3 is 2.42 bits per heavy atom. The summed E-state index contributed by atoms with van der Waals surface area (Å²) in [4.78, 5) is 4.11. The molecule has 0 fully saturated rings. The Morgan fingerprint density at radius 1 is 1.04 bits per heavy atom. The van der Waals surface area contributed by atoms with Gasteiger partial charge < -0.3 is 4.74 Å². The van der Waals surface area contributed by atoms with Gasteiger partial charge in [0.1, 0.15) is 17.3 Å². The number of benzene rings is 1. The summed E-state index contributed by atoms with van der Waals surface area (Å²) in [6.07, 6.45) is 3.82. The smallest absolute Gasteiger partial charge is 0.161 e. The Kier molecular flexibility index (Phi) is 4.05. The van der Waals surface area contributed by atoms with Crippen LogP contribution in [0.15, 0.2) is 48.9 Å². The highest BCUT2D eigenvalue weighted by Crippen LogP contribution is 2.30. The first-order valence-electron chi connectivity index (χ1n) is 7.47. The van der Waals surface area contributed by atoms with Crippen LogP contribution in [0, 0.1) is 11.6 Å². The summed E-state index contributed by atoms with van der Waals surface area (Å²) < 4.78 is 34.3. The second-order valence-corrected chi connectivity index (χ2v) is 6.45. The lowest BCUT2D eigenvalue weighted by atomic mass is 9.87. The molecule has 0 N–H and O–H groups in total. The average molecular weight is 329 g/mol. The van der Waals surface area contributed by atoms with Crippen molar-refractivity contribution < 1.29 is 13.5 Å². The molecule has 0 aliphatic rings. The minimum Gasteiger partial charge on any atom is -0.457 e. The number of aromatic nitrogens is 3. The zero-order chi connectivity index (χ0) is 17.3. The molecular formula is C18H17F2N3O. The van der Waals surface area contributed by atoms with E-state index in [4.69, 9.17) is 4.74 Å². The average Bonchev–Trinajstić information content (AvgIpc) is 2.93. The molecule has 1 aromatic carbocycles. The number of rotatable bonds is 3. The molecule has 3 aromatic rings. The zero-order valence-corrected chi connectivity index (χ0v) is 13.6. The standard InChI is InChI=1S/C18H17F2N3O/c1-18(2,3)15-5-4-13(8-16(15)20)24-14-6-7-21-17(9-14)23-11-12(19)10-22-23/h4-11H,1-3H3. The molecule has 0 radical (unpaired) electrons. The molecule has 0 amide bonds. The maximum Gasteiger partial charge on any atom is 0.161 e. The monoisotopic (exact) mass is 329 g/mol. The van der Waals surface area contributed by atoms with Gasteiger partial charge in [-0.3, -0.25) is 0 Å². The first-order chi connectivity index (χ1) is 11.3. The van der Waals surface area contributed by atoms with Crippen molar-refractivity contribution in [1.29, 1.82) is 0 Å². The van der Waals surface area contributed by atoms with E-state index in [1.54, 1.807) is 24.3 Å². The third-order valence-electron chi connectivity index (χ3n) is 3.49. The molecule has 24 heavy (non-hydrogen) atoms. The van der Waals surface area contributed by atoms with Crippen molar-refractivity contribution in [2.45, 2.75) is 26.2 Å². The maximum atomic E-state index is 14.2. The Balaban J connectivity index is 1.85. The Bertz CT molecular complexity index is 869. The second-order valence-electron chi connectivity index (χ2n) is 6.45. The molecule has 0 aliphatic carbocycles. The topological polar surface area (TPSA) is 39.9 Å². The molecule has 3 rings (SSSR count). The summed E-state index contributed by atoms with van der Waals surface area (Å²) in [6.45, 7) is 5.85. The van der Waals surface area contributed by atoms with Crippen LogP contribution < -0.4 is 4.74 Å². The van der Waals surface area contributed by atoms with E-state index in [-0.39, 0.29) is 11.2 Å². The van der Waals surface area contributed by atoms with E-state index in [1.807, 2.05) is 20.8 Å². The van der Waals surface area contributed by atoms with Crippen molar-refractivity contribution >= 4 is 0 Å². The molecule has 0 saturated carbocycles. The molecule has 124 valence electrons. The highest BCUT2D eigenvalue weighted by molar-refractivity contribution is 5.38. The maximum absolute atomic E-state index is 14.2. The lowest BCUT2D eigenvalue weighted by molar-refractivity contribution is 0.467. The number of nitrogens with zero attached hydrogens (tertiary/aromatic N) is 3. The van der Waals surface area contributed by atoms with Gasteiger partial charge in [0, 0.05) is 18.3 Å². The third kappa shape index (κ3) is 3.42. The van der Waals surface area contributed by atoms with E-state index < -0.39 is 5.82 Å². The lowest BCUT2D eigenvalue weighted by Crippen LogP contribution is -2.13. The summed E-state index contributed by atoms with van der Waals surface area (Å²) in [6, 6.07) is 8.03. The van der Waals surface area contributed by atoms with E-state index in [1.165, 1.54) is 23.1 Å². The molecule has 4 nitrogen and oxygen atoms in total. The van der Waals surface area contributed by atoms with Crippen LogP contribution in [0.25, 0.3) is 5.82 Å². The zero-order valence-electron chi connectivity index (χ0n) is 13.6. The molecule has 2 heterocycles. The molecule has 0 atom stereocenters. The van der Waals surface area contributed by atoms with Crippen LogP contribution in [0.5, 0.6) is 11.5 Å². The SMILES string of the molecule is CC(C)(C)c1ccc(Oc2ccnc(-n3cc(F)cn3)c2)cc1F. The van der Waals surface area contributed by atoms with E-state index in [2.05, 4.69) is 10.1 Å².